The van der Waals surface area contributed by atoms with Gasteiger partial charge in [0, 0.05) is 26.2 Å². The van der Waals surface area contributed by atoms with Crippen LogP contribution in [-0.2, 0) is 28.5 Å². The third-order valence-electron chi connectivity index (χ3n) is 7.60. The van der Waals surface area contributed by atoms with Crippen molar-refractivity contribution < 1.29 is 38.1 Å². The lowest BCUT2D eigenvalue weighted by Gasteiger charge is -2.41. The molecule has 10 heteroatoms. The van der Waals surface area contributed by atoms with E-state index in [9.17, 15) is 19.2 Å². The van der Waals surface area contributed by atoms with Gasteiger partial charge in [0.2, 0.25) is 0 Å². The Labute approximate surface area is 266 Å². The van der Waals surface area contributed by atoms with Crippen LogP contribution in [0.25, 0.3) is 0 Å². The third-order valence-corrected chi connectivity index (χ3v) is 7.60. The summed E-state index contributed by atoms with van der Waals surface area (Å²) >= 11 is 0. The Bertz CT molecular complexity index is 976. The first-order chi connectivity index (χ1) is 20.2. The van der Waals surface area contributed by atoms with E-state index in [2.05, 4.69) is 20.4 Å². The third kappa shape index (κ3) is 12.7. The number of hydrogen-bond donors (Lipinski definition) is 0. The zero-order valence-corrected chi connectivity index (χ0v) is 29.4. The Morgan fingerprint density at radius 3 is 1.34 bits per heavy atom. The number of allylic oxidation sites excluding steroid dienone is 1. The van der Waals surface area contributed by atoms with E-state index in [0.717, 1.165) is 12.0 Å². The minimum atomic E-state index is -0.555. The van der Waals surface area contributed by atoms with Gasteiger partial charge in [0.15, 0.2) is 0 Å². The summed E-state index contributed by atoms with van der Waals surface area (Å²) in [6.45, 7) is 27.7. The number of amides is 2. The molecule has 0 aromatic heterocycles. The maximum Gasteiger partial charge on any atom is 0.410 e. The Balaban J connectivity index is 0.000000440. The SMILES string of the molecule is C=C(C)CC1(C(=O)OCC)CCN(C(=O)OC(C)(C)C)CC1.CCOC(=O)C1(CC(C)C)CCN(C(=O)OC(C)(C)C)CC1. The first-order valence-corrected chi connectivity index (χ1v) is 16.1. The number of carbonyl (C=O) groups is 4. The predicted octanol–water partition coefficient (Wildman–Crippen LogP) is 7.15. The molecule has 0 aliphatic carbocycles. The molecular formula is C34H60N2O8. The van der Waals surface area contributed by atoms with Crippen molar-refractivity contribution >= 4 is 24.1 Å². The second-order valence-electron chi connectivity index (χ2n) is 14.7. The van der Waals surface area contributed by atoms with E-state index in [1.807, 2.05) is 62.3 Å². The zero-order chi connectivity index (χ0) is 33.9. The number of carbonyl (C=O) groups excluding carboxylic acids is 4. The van der Waals surface area contributed by atoms with Gasteiger partial charge in [-0.3, -0.25) is 9.59 Å². The van der Waals surface area contributed by atoms with Crippen molar-refractivity contribution in [2.24, 2.45) is 16.7 Å². The maximum atomic E-state index is 12.4. The second kappa shape index (κ2) is 16.5. The molecule has 0 aromatic rings. The number of hydrogen-bond acceptors (Lipinski definition) is 8. The monoisotopic (exact) mass is 624 g/mol. The van der Waals surface area contributed by atoms with Crippen molar-refractivity contribution in [3.05, 3.63) is 12.2 Å². The molecule has 2 heterocycles. The van der Waals surface area contributed by atoms with Gasteiger partial charge < -0.3 is 28.7 Å². The van der Waals surface area contributed by atoms with Crippen LogP contribution in [-0.4, -0.2) is 84.5 Å². The summed E-state index contributed by atoms with van der Waals surface area (Å²) in [5.41, 5.74) is -1.06. The summed E-state index contributed by atoms with van der Waals surface area (Å²) in [5, 5.41) is 0. The van der Waals surface area contributed by atoms with E-state index in [1.165, 1.54) is 0 Å². The Hall–Kier alpha value is -2.78. The summed E-state index contributed by atoms with van der Waals surface area (Å²) in [6, 6.07) is 0. The van der Waals surface area contributed by atoms with Gasteiger partial charge >= 0.3 is 24.1 Å². The van der Waals surface area contributed by atoms with Gasteiger partial charge in [-0.2, -0.15) is 0 Å². The number of nitrogens with zero attached hydrogens (tertiary/aromatic N) is 2. The van der Waals surface area contributed by atoms with Crippen LogP contribution in [0, 0.1) is 16.7 Å². The molecule has 0 aromatic carbocycles. The van der Waals surface area contributed by atoms with Gasteiger partial charge in [0.25, 0.3) is 0 Å². The molecule has 10 nitrogen and oxygen atoms in total. The second-order valence-corrected chi connectivity index (χ2v) is 14.7. The van der Waals surface area contributed by atoms with Gasteiger partial charge in [0.05, 0.1) is 24.0 Å². The van der Waals surface area contributed by atoms with Crippen LogP contribution >= 0.6 is 0 Å². The van der Waals surface area contributed by atoms with Crippen molar-refractivity contribution in [1.82, 2.24) is 9.80 Å². The van der Waals surface area contributed by atoms with E-state index >= 15 is 0 Å². The number of rotatable bonds is 8. The molecule has 2 aliphatic rings. The van der Waals surface area contributed by atoms with E-state index in [4.69, 9.17) is 18.9 Å². The molecule has 2 fully saturated rings. The molecule has 2 rings (SSSR count). The predicted molar refractivity (Wildman–Crippen MR) is 171 cm³/mol. The molecule has 0 unspecified atom stereocenters. The lowest BCUT2D eigenvalue weighted by atomic mass is 9.72. The van der Waals surface area contributed by atoms with Crippen molar-refractivity contribution in [2.45, 2.75) is 126 Å². The van der Waals surface area contributed by atoms with Gasteiger partial charge in [0.1, 0.15) is 11.2 Å². The highest BCUT2D eigenvalue weighted by atomic mass is 16.6. The number of likely N-dealkylation sites (tertiary alicyclic amines) is 2. The van der Waals surface area contributed by atoms with Gasteiger partial charge in [-0.25, -0.2) is 9.59 Å². The molecule has 2 amide bonds. The van der Waals surface area contributed by atoms with Crippen LogP contribution < -0.4 is 0 Å². The highest BCUT2D eigenvalue weighted by molar-refractivity contribution is 5.78. The van der Waals surface area contributed by atoms with Crippen LogP contribution in [0.5, 0.6) is 0 Å². The summed E-state index contributed by atoms with van der Waals surface area (Å²) in [7, 11) is 0. The molecule has 2 aliphatic heterocycles. The van der Waals surface area contributed by atoms with E-state index in [0.29, 0.717) is 77.4 Å². The highest BCUT2D eigenvalue weighted by Crippen LogP contribution is 2.40. The van der Waals surface area contributed by atoms with Gasteiger partial charge in [-0.05, 0) is 107 Å². The molecule has 254 valence electrons. The quantitative estimate of drug-likeness (QED) is 0.159. The smallest absolute Gasteiger partial charge is 0.410 e. The molecule has 0 saturated carbocycles. The highest BCUT2D eigenvalue weighted by Gasteiger charge is 2.45. The molecular weight excluding hydrogens is 564 g/mol. The van der Waals surface area contributed by atoms with Crippen LogP contribution in [0.3, 0.4) is 0 Å². The summed E-state index contributed by atoms with van der Waals surface area (Å²) in [6.07, 6.45) is 3.24. The van der Waals surface area contributed by atoms with Crippen LogP contribution in [0.2, 0.25) is 0 Å². The first-order valence-electron chi connectivity index (χ1n) is 16.1. The van der Waals surface area contributed by atoms with E-state index < -0.39 is 22.0 Å². The molecule has 0 bridgehead atoms. The maximum absolute atomic E-state index is 12.4. The lowest BCUT2D eigenvalue weighted by Crippen LogP contribution is -2.48. The van der Waals surface area contributed by atoms with E-state index in [-0.39, 0.29) is 24.1 Å². The summed E-state index contributed by atoms with van der Waals surface area (Å²) < 4.78 is 21.3. The minimum Gasteiger partial charge on any atom is -0.466 e. The summed E-state index contributed by atoms with van der Waals surface area (Å²) in [5.74, 6) is 0.117. The molecule has 44 heavy (non-hydrogen) atoms. The van der Waals surface area contributed by atoms with Crippen molar-refractivity contribution in [1.29, 1.82) is 0 Å². The average molecular weight is 625 g/mol. The molecule has 0 radical (unpaired) electrons. The molecule has 2 saturated heterocycles. The normalized spacial score (nSPS) is 18.0. The summed E-state index contributed by atoms with van der Waals surface area (Å²) in [4.78, 5) is 52.4. The van der Waals surface area contributed by atoms with Crippen LogP contribution in [0.15, 0.2) is 12.2 Å². The first kappa shape index (κ1) is 39.2. The number of esters is 2. The molecule has 0 spiro atoms. The minimum absolute atomic E-state index is 0.118. The fraction of sp³-hybridized carbons (Fsp3) is 0.824. The molecule has 0 atom stereocenters. The largest absolute Gasteiger partial charge is 0.466 e. The van der Waals surface area contributed by atoms with Crippen LogP contribution in [0.1, 0.15) is 115 Å². The average Bonchev–Trinajstić information content (AvgIpc) is 2.87. The van der Waals surface area contributed by atoms with Gasteiger partial charge in [-0.1, -0.05) is 19.4 Å². The van der Waals surface area contributed by atoms with Crippen LogP contribution in [0.4, 0.5) is 9.59 Å². The Morgan fingerprint density at radius 2 is 1.05 bits per heavy atom. The van der Waals surface area contributed by atoms with Crippen molar-refractivity contribution in [3.8, 4) is 0 Å². The Kier molecular flexibility index (Phi) is 14.7. The Morgan fingerprint density at radius 1 is 0.705 bits per heavy atom. The van der Waals surface area contributed by atoms with Crippen molar-refractivity contribution in [3.63, 3.8) is 0 Å². The lowest BCUT2D eigenvalue weighted by molar-refractivity contribution is -0.160. The number of ether oxygens (including phenoxy) is 4. The zero-order valence-electron chi connectivity index (χ0n) is 29.4. The van der Waals surface area contributed by atoms with Crippen molar-refractivity contribution in [2.75, 3.05) is 39.4 Å². The number of piperidine rings is 2. The van der Waals surface area contributed by atoms with Gasteiger partial charge in [-0.15, -0.1) is 6.58 Å². The standard InChI is InChI=1S/C17H31NO4.C17H29NO4/c2*1-7-21-14(19)17(12-13(2)3)8-10-18(11-9-17)15(20)22-16(4,5)6/h13H,7-12H2,1-6H3;2,7-12H2,1,3-6H3. The topological polar surface area (TPSA) is 112 Å². The fourth-order valence-electron chi connectivity index (χ4n) is 5.76. The van der Waals surface area contributed by atoms with E-state index in [1.54, 1.807) is 9.80 Å². The fourth-order valence-corrected chi connectivity index (χ4v) is 5.76. The molecule has 0 N–H and O–H groups in total.